The number of nitrogens with zero attached hydrogens (tertiary/aromatic N) is 3. The van der Waals surface area contributed by atoms with Crippen molar-refractivity contribution in [3.8, 4) is 0 Å². The second-order valence-electron chi connectivity index (χ2n) is 15.7. The Morgan fingerprint density at radius 1 is 0.828 bits per heavy atom. The number of aliphatic hydroxyl groups excluding tert-OH is 1. The maximum atomic E-state index is 14.2. The lowest BCUT2D eigenvalue weighted by Crippen LogP contribution is -2.61. The Bertz CT molecular complexity index is 1860. The monoisotopic (exact) mass is 821 g/mol. The smallest absolute Gasteiger partial charge is 0.319 e. The van der Waals surface area contributed by atoms with Crippen LogP contribution in [0.2, 0.25) is 5.02 Å². The fraction of sp³-hybridized carbons (Fsp3) is 0.548. The molecule has 2 aromatic carbocycles. The number of aliphatic hydroxyl groups is 1. The van der Waals surface area contributed by atoms with Crippen LogP contribution in [0.4, 0.5) is 10.5 Å². The van der Waals surface area contributed by atoms with Crippen LogP contribution in [-0.4, -0.2) is 124 Å². The van der Waals surface area contributed by atoms with Crippen LogP contribution in [0.25, 0.3) is 0 Å². The van der Waals surface area contributed by atoms with Crippen molar-refractivity contribution in [2.24, 2.45) is 5.92 Å². The molecule has 5 N–H and O–H groups in total. The van der Waals surface area contributed by atoms with Gasteiger partial charge in [-0.25, -0.2) is 4.79 Å². The van der Waals surface area contributed by atoms with Gasteiger partial charge in [0.05, 0.1) is 12.6 Å². The SMILES string of the molecule is CCC(=O)[C@@H]1C[C@H](C)CN1C(=O)[C@H](C)NC(=O)[C@@H]1CCCCN1C(=O)[C@@H]1CCCN1C(=O)[C@H](CO)NC(=O)[C@H](Cc1cccc(C)c1)NC(=O)Nc1cccc(Cl)c1. The van der Waals surface area contributed by atoms with E-state index in [2.05, 4.69) is 21.3 Å². The van der Waals surface area contributed by atoms with E-state index in [0.717, 1.165) is 11.1 Å². The number of piperidine rings is 1. The van der Waals surface area contributed by atoms with Crippen LogP contribution < -0.4 is 21.3 Å². The van der Waals surface area contributed by atoms with Crippen molar-refractivity contribution in [3.63, 3.8) is 0 Å². The van der Waals surface area contributed by atoms with Crippen LogP contribution in [0.15, 0.2) is 48.5 Å². The van der Waals surface area contributed by atoms with Gasteiger partial charge >= 0.3 is 6.03 Å². The number of hydrogen-bond acceptors (Lipinski definition) is 8. The van der Waals surface area contributed by atoms with Gasteiger partial charge in [0.1, 0.15) is 30.2 Å². The number of amides is 7. The van der Waals surface area contributed by atoms with E-state index in [-0.39, 0.29) is 37.1 Å². The Balaban J connectivity index is 1.25. The van der Waals surface area contributed by atoms with Gasteiger partial charge in [-0.3, -0.25) is 28.8 Å². The molecule has 3 fully saturated rings. The number of likely N-dealkylation sites (tertiary alicyclic amines) is 3. The van der Waals surface area contributed by atoms with Gasteiger partial charge in [0.25, 0.3) is 0 Å². The van der Waals surface area contributed by atoms with E-state index in [1.807, 2.05) is 38.1 Å². The van der Waals surface area contributed by atoms with E-state index >= 15 is 0 Å². The summed E-state index contributed by atoms with van der Waals surface area (Å²) in [5.41, 5.74) is 2.10. The van der Waals surface area contributed by atoms with Crippen molar-refractivity contribution < 1.29 is 38.7 Å². The molecule has 0 aliphatic carbocycles. The number of aryl methyl sites for hydroxylation is 1. The lowest BCUT2D eigenvalue weighted by atomic mass is 9.99. The lowest BCUT2D eigenvalue weighted by molar-refractivity contribution is -0.151. The van der Waals surface area contributed by atoms with Crippen LogP contribution in [-0.2, 0) is 35.2 Å². The number of carbonyl (C=O) groups is 7. The zero-order valence-electron chi connectivity index (χ0n) is 33.7. The third-order valence-electron chi connectivity index (χ3n) is 11.2. The highest BCUT2D eigenvalue weighted by Crippen LogP contribution is 2.27. The van der Waals surface area contributed by atoms with E-state index in [1.165, 1.54) is 9.80 Å². The van der Waals surface area contributed by atoms with Crippen LogP contribution >= 0.6 is 11.6 Å². The Morgan fingerprint density at radius 3 is 2.26 bits per heavy atom. The number of rotatable bonds is 14. The predicted octanol–water partition coefficient (Wildman–Crippen LogP) is 2.95. The first kappa shape index (κ1) is 44.1. The molecule has 0 bridgehead atoms. The minimum atomic E-state index is -1.43. The molecule has 3 saturated heterocycles. The van der Waals surface area contributed by atoms with Gasteiger partial charge in [-0.15, -0.1) is 0 Å². The second kappa shape index (κ2) is 20.1. The molecule has 3 aliphatic rings. The highest BCUT2D eigenvalue weighted by molar-refractivity contribution is 6.30. The van der Waals surface area contributed by atoms with Gasteiger partial charge in [-0.2, -0.15) is 0 Å². The van der Waals surface area contributed by atoms with Crippen LogP contribution in [0.3, 0.4) is 0 Å². The standard InChI is InChI=1S/C42H56ClN7O8/c1-5-36(52)35-20-26(3)23-50(35)39(55)27(4)44-38(54)33-15-6-7-17-48(33)41(57)34-16-10-18-49(34)40(56)32(24-51)46-37(53)31(21-28-12-8-11-25(2)19-28)47-42(58)45-30-14-9-13-29(43)22-30/h8-9,11-14,19,22,26-27,31-35,51H,5-7,10,15-18,20-21,23-24H2,1-4H3,(H,44,54)(H,46,53)(H2,45,47,58)/t26-,27-,31-,32-,33-,34-,35-/m0/s1. The summed E-state index contributed by atoms with van der Waals surface area (Å²) in [4.78, 5) is 99.4. The molecule has 3 heterocycles. The minimum Gasteiger partial charge on any atom is -0.394 e. The average molecular weight is 822 g/mol. The minimum absolute atomic E-state index is 0.0185. The molecule has 314 valence electrons. The van der Waals surface area contributed by atoms with Crippen LogP contribution in [0.1, 0.15) is 76.8 Å². The normalized spacial score (nSPS) is 22.1. The summed E-state index contributed by atoms with van der Waals surface area (Å²) >= 11 is 6.07. The molecular weight excluding hydrogens is 766 g/mol. The van der Waals surface area contributed by atoms with Crippen molar-refractivity contribution in [3.05, 3.63) is 64.7 Å². The first-order valence-electron chi connectivity index (χ1n) is 20.2. The molecule has 0 aromatic heterocycles. The molecular formula is C42H56ClN7O8. The van der Waals surface area contributed by atoms with Crippen LogP contribution in [0.5, 0.6) is 0 Å². The molecule has 3 aliphatic heterocycles. The molecule has 2 aromatic rings. The molecule has 0 spiro atoms. The molecule has 7 amide bonds. The fourth-order valence-corrected chi connectivity index (χ4v) is 8.42. The Morgan fingerprint density at radius 2 is 1.55 bits per heavy atom. The summed E-state index contributed by atoms with van der Waals surface area (Å²) in [5.74, 6) is -2.51. The molecule has 58 heavy (non-hydrogen) atoms. The third kappa shape index (κ3) is 10.9. The highest BCUT2D eigenvalue weighted by Gasteiger charge is 2.44. The zero-order chi connectivity index (χ0) is 42.1. The van der Waals surface area contributed by atoms with Gasteiger partial charge in [0, 0.05) is 43.2 Å². The number of hydrogen-bond donors (Lipinski definition) is 5. The molecule has 0 saturated carbocycles. The van der Waals surface area contributed by atoms with E-state index in [0.29, 0.717) is 62.2 Å². The van der Waals surface area contributed by atoms with Gasteiger partial charge in [-0.05, 0) is 82.1 Å². The Labute approximate surface area is 344 Å². The van der Waals surface area contributed by atoms with Crippen molar-refractivity contribution in [1.29, 1.82) is 0 Å². The molecule has 16 heteroatoms. The van der Waals surface area contributed by atoms with Crippen molar-refractivity contribution in [2.45, 2.75) is 115 Å². The Kier molecular flexibility index (Phi) is 15.3. The summed E-state index contributed by atoms with van der Waals surface area (Å²) in [6.07, 6.45) is 3.46. The predicted molar refractivity (Wildman–Crippen MR) is 218 cm³/mol. The third-order valence-corrected chi connectivity index (χ3v) is 11.4. The summed E-state index contributed by atoms with van der Waals surface area (Å²) in [5, 5.41) is 21.6. The summed E-state index contributed by atoms with van der Waals surface area (Å²) in [7, 11) is 0. The number of halogens is 1. The molecule has 15 nitrogen and oxygen atoms in total. The van der Waals surface area contributed by atoms with E-state index in [4.69, 9.17) is 11.6 Å². The highest BCUT2D eigenvalue weighted by atomic mass is 35.5. The largest absolute Gasteiger partial charge is 0.394 e. The quantitative estimate of drug-likeness (QED) is 0.192. The van der Waals surface area contributed by atoms with Crippen LogP contribution in [0, 0.1) is 12.8 Å². The lowest BCUT2D eigenvalue weighted by Gasteiger charge is -2.39. The second-order valence-corrected chi connectivity index (χ2v) is 16.2. The number of Topliss-reactive ketones (excluding diaryl/α,β-unsaturated/α-hetero) is 1. The van der Waals surface area contributed by atoms with Gasteiger partial charge < -0.3 is 41.1 Å². The average Bonchev–Trinajstić information content (AvgIpc) is 3.85. The fourth-order valence-electron chi connectivity index (χ4n) is 8.23. The number of nitrogens with one attached hydrogen (secondary N) is 4. The van der Waals surface area contributed by atoms with Crippen molar-refractivity contribution in [2.75, 3.05) is 31.6 Å². The molecule has 0 radical (unpaired) electrons. The number of benzene rings is 2. The molecule has 5 rings (SSSR count). The van der Waals surface area contributed by atoms with E-state index in [1.54, 1.807) is 43.0 Å². The number of ketones is 1. The number of carbonyl (C=O) groups excluding carboxylic acids is 7. The summed E-state index contributed by atoms with van der Waals surface area (Å²) < 4.78 is 0. The van der Waals surface area contributed by atoms with Gasteiger partial charge in [0.2, 0.25) is 29.5 Å². The summed E-state index contributed by atoms with van der Waals surface area (Å²) in [6.45, 7) is 7.35. The maximum absolute atomic E-state index is 14.2. The van der Waals surface area contributed by atoms with Gasteiger partial charge in [-0.1, -0.05) is 61.3 Å². The zero-order valence-corrected chi connectivity index (χ0v) is 34.4. The number of anilines is 1. The maximum Gasteiger partial charge on any atom is 0.319 e. The summed E-state index contributed by atoms with van der Waals surface area (Å²) in [6, 6.07) is 7.37. The first-order valence-corrected chi connectivity index (χ1v) is 20.6. The van der Waals surface area contributed by atoms with E-state index < -0.39 is 72.5 Å². The Hall–Kier alpha value is -5.02. The topological polar surface area (TPSA) is 198 Å². The van der Waals surface area contributed by atoms with Crippen molar-refractivity contribution in [1.82, 2.24) is 30.7 Å². The van der Waals surface area contributed by atoms with E-state index in [9.17, 15) is 38.7 Å². The molecule has 7 atom stereocenters. The first-order chi connectivity index (χ1) is 27.7. The molecule has 0 unspecified atom stereocenters. The van der Waals surface area contributed by atoms with Crippen molar-refractivity contribution >= 4 is 58.6 Å². The number of urea groups is 1. The van der Waals surface area contributed by atoms with Gasteiger partial charge in [0.15, 0.2) is 5.78 Å².